The maximum absolute atomic E-state index is 13.7. The first-order valence-corrected chi connectivity index (χ1v) is 8.03. The Morgan fingerprint density at radius 1 is 1.05 bits per heavy atom. The van der Waals surface area contributed by atoms with Gasteiger partial charge in [-0.2, -0.15) is 0 Å². The summed E-state index contributed by atoms with van der Waals surface area (Å²) in [6, 6.07) is 9.47. The number of nitrogens with two attached hydrogens (primary N) is 1. The van der Waals surface area contributed by atoms with Gasteiger partial charge in [-0.05, 0) is 35.6 Å². The third-order valence-electron chi connectivity index (χ3n) is 2.71. The molecule has 0 aromatic heterocycles. The van der Waals surface area contributed by atoms with Crippen molar-refractivity contribution in [2.45, 2.75) is 28.2 Å². The molecule has 0 aliphatic carbocycles. The fourth-order valence-electron chi connectivity index (χ4n) is 1.81. The van der Waals surface area contributed by atoms with Gasteiger partial charge in [0.05, 0.1) is 0 Å². The van der Waals surface area contributed by atoms with Crippen molar-refractivity contribution in [2.24, 2.45) is 5.73 Å². The van der Waals surface area contributed by atoms with Gasteiger partial charge in [-0.1, -0.05) is 24.8 Å². The fourth-order valence-corrected chi connectivity index (χ4v) is 3.72. The second kappa shape index (κ2) is 7.11. The van der Waals surface area contributed by atoms with Crippen LogP contribution in [0.3, 0.4) is 0 Å². The highest BCUT2D eigenvalue weighted by atomic mass is 32.2. The van der Waals surface area contributed by atoms with E-state index in [-0.39, 0.29) is 0 Å². The highest BCUT2D eigenvalue weighted by Crippen LogP contribution is 2.36. The highest BCUT2D eigenvalue weighted by molar-refractivity contribution is 8.00. The SMILES string of the molecule is CCSc1cccc(Sc2ccc(F)cc2F)c1CN. The Kier molecular flexibility index (Phi) is 5.46. The average molecular weight is 311 g/mol. The van der Waals surface area contributed by atoms with E-state index in [1.54, 1.807) is 11.8 Å². The van der Waals surface area contributed by atoms with E-state index < -0.39 is 11.6 Å². The van der Waals surface area contributed by atoms with Crippen LogP contribution in [0.5, 0.6) is 0 Å². The van der Waals surface area contributed by atoms with E-state index in [9.17, 15) is 8.78 Å². The van der Waals surface area contributed by atoms with E-state index in [1.807, 2.05) is 18.2 Å². The molecule has 0 radical (unpaired) electrons. The van der Waals surface area contributed by atoms with Gasteiger partial charge >= 0.3 is 0 Å². The minimum atomic E-state index is -0.568. The van der Waals surface area contributed by atoms with Crippen molar-refractivity contribution < 1.29 is 8.78 Å². The zero-order chi connectivity index (χ0) is 14.5. The Morgan fingerprint density at radius 2 is 1.80 bits per heavy atom. The van der Waals surface area contributed by atoms with Crippen molar-refractivity contribution in [3.63, 3.8) is 0 Å². The van der Waals surface area contributed by atoms with Crippen molar-refractivity contribution >= 4 is 23.5 Å². The lowest BCUT2D eigenvalue weighted by molar-refractivity contribution is 0.565. The van der Waals surface area contributed by atoms with Gasteiger partial charge in [-0.25, -0.2) is 8.78 Å². The summed E-state index contributed by atoms with van der Waals surface area (Å²) in [5.41, 5.74) is 6.82. The summed E-state index contributed by atoms with van der Waals surface area (Å²) in [6.45, 7) is 2.47. The molecule has 0 bridgehead atoms. The van der Waals surface area contributed by atoms with E-state index >= 15 is 0 Å². The first kappa shape index (κ1) is 15.4. The summed E-state index contributed by atoms with van der Waals surface area (Å²) in [6.07, 6.45) is 0. The van der Waals surface area contributed by atoms with E-state index in [0.29, 0.717) is 11.4 Å². The van der Waals surface area contributed by atoms with E-state index in [2.05, 4.69) is 6.92 Å². The van der Waals surface area contributed by atoms with E-state index in [4.69, 9.17) is 5.73 Å². The maximum atomic E-state index is 13.7. The molecule has 1 nitrogen and oxygen atoms in total. The number of benzene rings is 2. The van der Waals surface area contributed by atoms with Gasteiger partial charge in [0, 0.05) is 27.3 Å². The molecule has 2 rings (SSSR count). The van der Waals surface area contributed by atoms with Crippen LogP contribution in [0.4, 0.5) is 8.78 Å². The molecule has 2 aromatic carbocycles. The molecular weight excluding hydrogens is 296 g/mol. The molecule has 20 heavy (non-hydrogen) atoms. The summed E-state index contributed by atoms with van der Waals surface area (Å²) < 4.78 is 26.6. The van der Waals surface area contributed by atoms with Crippen molar-refractivity contribution in [3.8, 4) is 0 Å². The van der Waals surface area contributed by atoms with Crippen molar-refractivity contribution in [3.05, 3.63) is 53.6 Å². The van der Waals surface area contributed by atoms with Crippen LogP contribution in [0.2, 0.25) is 0 Å². The van der Waals surface area contributed by atoms with Crippen LogP contribution in [0.1, 0.15) is 12.5 Å². The molecule has 106 valence electrons. The first-order chi connectivity index (χ1) is 9.65. The second-order valence-corrected chi connectivity index (χ2v) is 6.44. The topological polar surface area (TPSA) is 26.0 Å². The lowest BCUT2D eigenvalue weighted by atomic mass is 10.2. The monoisotopic (exact) mass is 311 g/mol. The van der Waals surface area contributed by atoms with Crippen LogP contribution in [-0.4, -0.2) is 5.75 Å². The second-order valence-electron chi connectivity index (χ2n) is 4.05. The molecule has 0 aliphatic heterocycles. The van der Waals surface area contributed by atoms with Gasteiger partial charge in [0.25, 0.3) is 0 Å². The number of hydrogen-bond donors (Lipinski definition) is 1. The van der Waals surface area contributed by atoms with Gasteiger partial charge in [-0.15, -0.1) is 11.8 Å². The minimum Gasteiger partial charge on any atom is -0.326 e. The number of hydrogen-bond acceptors (Lipinski definition) is 3. The molecule has 0 saturated heterocycles. The zero-order valence-corrected chi connectivity index (χ0v) is 12.7. The quantitative estimate of drug-likeness (QED) is 0.812. The van der Waals surface area contributed by atoms with Crippen LogP contribution >= 0.6 is 23.5 Å². The Labute approximate surface area is 126 Å². The largest absolute Gasteiger partial charge is 0.326 e. The molecule has 2 N–H and O–H groups in total. The zero-order valence-electron chi connectivity index (χ0n) is 11.0. The number of halogens is 2. The van der Waals surface area contributed by atoms with Crippen LogP contribution in [-0.2, 0) is 6.54 Å². The molecule has 0 spiro atoms. The molecule has 0 fully saturated rings. The van der Waals surface area contributed by atoms with Crippen molar-refractivity contribution in [1.82, 2.24) is 0 Å². The van der Waals surface area contributed by atoms with Crippen LogP contribution in [0, 0.1) is 11.6 Å². The molecule has 0 unspecified atom stereocenters. The highest BCUT2D eigenvalue weighted by Gasteiger charge is 2.11. The smallest absolute Gasteiger partial charge is 0.140 e. The first-order valence-electron chi connectivity index (χ1n) is 6.23. The molecule has 0 amide bonds. The summed E-state index contributed by atoms with van der Waals surface area (Å²) in [5.74, 6) is -0.167. The van der Waals surface area contributed by atoms with Crippen molar-refractivity contribution in [1.29, 1.82) is 0 Å². The molecule has 0 aliphatic rings. The lowest BCUT2D eigenvalue weighted by Gasteiger charge is -2.12. The molecule has 0 saturated carbocycles. The van der Waals surface area contributed by atoms with Crippen molar-refractivity contribution in [2.75, 3.05) is 5.75 Å². The fraction of sp³-hybridized carbons (Fsp3) is 0.200. The Hall–Kier alpha value is -1.04. The third kappa shape index (κ3) is 3.53. The summed E-state index contributed by atoms with van der Waals surface area (Å²) in [5, 5.41) is 0. The molecule has 2 aromatic rings. The molecule has 5 heteroatoms. The van der Waals surface area contributed by atoms with Crippen LogP contribution < -0.4 is 5.73 Å². The summed E-state index contributed by atoms with van der Waals surface area (Å²) in [4.78, 5) is 2.43. The maximum Gasteiger partial charge on any atom is 0.140 e. The van der Waals surface area contributed by atoms with Gasteiger partial charge in [0.1, 0.15) is 11.6 Å². The predicted octanol–water partition coefficient (Wildman–Crippen LogP) is 4.69. The summed E-state index contributed by atoms with van der Waals surface area (Å²) >= 11 is 2.99. The van der Waals surface area contributed by atoms with Gasteiger partial charge in [0.15, 0.2) is 0 Å². The Bertz CT molecular complexity index is 602. The standard InChI is InChI=1S/C15H15F2NS2/c1-2-19-13-4-3-5-14(11(13)9-18)20-15-7-6-10(16)8-12(15)17/h3-8H,2,9,18H2,1H3. The predicted molar refractivity (Wildman–Crippen MR) is 81.2 cm³/mol. The summed E-state index contributed by atoms with van der Waals surface area (Å²) in [7, 11) is 0. The third-order valence-corrected chi connectivity index (χ3v) is 4.84. The van der Waals surface area contributed by atoms with E-state index in [0.717, 1.165) is 27.2 Å². The number of rotatable bonds is 5. The van der Waals surface area contributed by atoms with Gasteiger partial charge in [0.2, 0.25) is 0 Å². The molecule has 0 atom stereocenters. The lowest BCUT2D eigenvalue weighted by Crippen LogP contribution is -2.01. The number of thioether (sulfide) groups is 1. The normalized spacial score (nSPS) is 10.8. The van der Waals surface area contributed by atoms with Gasteiger partial charge < -0.3 is 5.73 Å². The van der Waals surface area contributed by atoms with Gasteiger partial charge in [-0.3, -0.25) is 0 Å². The molecule has 0 heterocycles. The van der Waals surface area contributed by atoms with Crippen LogP contribution in [0.15, 0.2) is 51.1 Å². The molecular formula is C15H15F2NS2. The minimum absolute atomic E-state index is 0.397. The van der Waals surface area contributed by atoms with Crippen LogP contribution in [0.25, 0.3) is 0 Å². The van der Waals surface area contributed by atoms with E-state index in [1.165, 1.54) is 23.9 Å². The Morgan fingerprint density at radius 3 is 2.45 bits per heavy atom. The average Bonchev–Trinajstić information content (AvgIpc) is 2.42. The Balaban J connectivity index is 2.35.